The van der Waals surface area contributed by atoms with E-state index in [1.807, 2.05) is 0 Å². The summed E-state index contributed by atoms with van der Waals surface area (Å²) in [4.78, 5) is 11.4. The van der Waals surface area contributed by atoms with Crippen LogP contribution in [0.2, 0.25) is 0 Å². The predicted molar refractivity (Wildman–Crippen MR) is 53.8 cm³/mol. The van der Waals surface area contributed by atoms with Crippen LogP contribution in [-0.2, 0) is 4.74 Å². The summed E-state index contributed by atoms with van der Waals surface area (Å²) in [6.45, 7) is 0. The number of benzene rings is 1. The number of carbonyl (C=O) groups excluding carboxylic acids is 1. The van der Waals surface area contributed by atoms with Gasteiger partial charge in [0, 0.05) is 4.90 Å². The van der Waals surface area contributed by atoms with Gasteiger partial charge in [-0.1, -0.05) is 0 Å². The molecule has 0 radical (unpaired) electrons. The number of hydrogen-bond acceptors (Lipinski definition) is 4. The van der Waals surface area contributed by atoms with Gasteiger partial charge < -0.3 is 9.84 Å². The fraction of sp³-hybridized carbons (Fsp3) is 0.125. The second-order valence-electron chi connectivity index (χ2n) is 2.20. The number of phenolic OH excluding ortho intramolecular Hbond substituents is 1. The fourth-order valence-corrected chi connectivity index (χ4v) is 0.907. The number of esters is 1. The van der Waals surface area contributed by atoms with Crippen LogP contribution in [0.5, 0.6) is 5.75 Å². The molecule has 0 amide bonds. The summed E-state index contributed by atoms with van der Waals surface area (Å²) in [5.74, 6) is -0.500. The number of ether oxygens (including phenoxy) is 1. The van der Waals surface area contributed by atoms with Crippen LogP contribution in [-0.4, -0.2) is 47.7 Å². The Kier molecular flexibility index (Phi) is 5.48. The third-order valence-corrected chi connectivity index (χ3v) is 1.77. The van der Waals surface area contributed by atoms with E-state index in [-0.39, 0.29) is 35.3 Å². The summed E-state index contributed by atoms with van der Waals surface area (Å²) in [5.41, 5.74) is 0.313. The van der Waals surface area contributed by atoms with Crippen LogP contribution in [0, 0.1) is 0 Å². The fourth-order valence-electron chi connectivity index (χ4n) is 0.768. The van der Waals surface area contributed by atoms with E-state index in [0.29, 0.717) is 10.5 Å². The molecule has 0 aromatic heterocycles. The molecule has 0 heterocycles. The zero-order chi connectivity index (χ0) is 9.14. The van der Waals surface area contributed by atoms with E-state index in [0.717, 1.165) is 0 Å². The first-order valence-electron chi connectivity index (χ1n) is 3.25. The Bertz CT molecular complexity index is 314. The van der Waals surface area contributed by atoms with Crippen LogP contribution in [0.4, 0.5) is 0 Å². The first-order valence-corrected chi connectivity index (χ1v) is 3.70. The minimum atomic E-state index is -0.473. The van der Waals surface area contributed by atoms with Crippen molar-refractivity contribution >= 4 is 48.2 Å². The van der Waals surface area contributed by atoms with E-state index in [1.54, 1.807) is 0 Å². The van der Waals surface area contributed by atoms with Crippen molar-refractivity contribution in [2.24, 2.45) is 0 Å². The summed E-state index contributed by atoms with van der Waals surface area (Å²) in [5, 5.41) is 9.16. The molecule has 0 aliphatic rings. The molecule has 0 fully saturated rings. The molecule has 0 unspecified atom stereocenters. The van der Waals surface area contributed by atoms with Crippen molar-refractivity contribution in [2.45, 2.75) is 4.90 Å². The van der Waals surface area contributed by atoms with Gasteiger partial charge in [-0.25, -0.2) is 4.79 Å². The van der Waals surface area contributed by atoms with Crippen molar-refractivity contribution in [3.8, 4) is 5.75 Å². The summed E-state index contributed by atoms with van der Waals surface area (Å²) in [6, 6.07) is 4.38. The van der Waals surface area contributed by atoms with Crippen molar-refractivity contribution < 1.29 is 14.6 Å². The zero-order valence-corrected chi connectivity index (χ0v) is 7.34. The van der Waals surface area contributed by atoms with Crippen molar-refractivity contribution in [3.63, 3.8) is 0 Å². The van der Waals surface area contributed by atoms with Crippen LogP contribution in [0.15, 0.2) is 23.1 Å². The molecule has 0 spiro atoms. The molecule has 5 heteroatoms. The average Bonchev–Trinajstić information content (AvgIpc) is 2.08. The number of hydrogen-bond donors (Lipinski definition) is 2. The summed E-state index contributed by atoms with van der Waals surface area (Å²) in [6.07, 6.45) is 0. The van der Waals surface area contributed by atoms with Gasteiger partial charge in [0.05, 0.1) is 12.7 Å². The SMILES string of the molecule is COC(=O)c1ccc(S)c(O)c1.[NaH]. The average molecular weight is 208 g/mol. The van der Waals surface area contributed by atoms with Crippen LogP contribution in [0.25, 0.3) is 0 Å². The van der Waals surface area contributed by atoms with Gasteiger partial charge >= 0.3 is 35.5 Å². The minimum absolute atomic E-state index is 0. The second kappa shape index (κ2) is 5.54. The Labute approximate surface area is 104 Å². The Morgan fingerprint density at radius 2 is 2.15 bits per heavy atom. The maximum absolute atomic E-state index is 10.9. The first-order chi connectivity index (χ1) is 5.65. The quantitative estimate of drug-likeness (QED) is 0.408. The molecule has 66 valence electrons. The molecule has 0 saturated carbocycles. The van der Waals surface area contributed by atoms with Crippen LogP contribution >= 0.6 is 12.6 Å². The topological polar surface area (TPSA) is 46.5 Å². The van der Waals surface area contributed by atoms with Gasteiger partial charge in [-0.05, 0) is 18.2 Å². The van der Waals surface area contributed by atoms with Gasteiger partial charge in [-0.15, -0.1) is 12.6 Å². The molecule has 1 aromatic carbocycles. The molecule has 0 bridgehead atoms. The molecule has 1 N–H and O–H groups in total. The number of methoxy groups -OCH3 is 1. The molecule has 0 aliphatic carbocycles. The molecular weight excluding hydrogens is 199 g/mol. The van der Waals surface area contributed by atoms with Crippen LogP contribution in [0.1, 0.15) is 10.4 Å². The van der Waals surface area contributed by atoms with E-state index in [9.17, 15) is 4.79 Å². The van der Waals surface area contributed by atoms with Gasteiger partial charge in [0.1, 0.15) is 5.75 Å². The van der Waals surface area contributed by atoms with Crippen molar-refractivity contribution in [2.75, 3.05) is 7.11 Å². The third kappa shape index (κ3) is 3.23. The monoisotopic (exact) mass is 208 g/mol. The molecule has 1 rings (SSSR count). The first kappa shape index (κ1) is 12.8. The third-order valence-electron chi connectivity index (χ3n) is 1.40. The van der Waals surface area contributed by atoms with E-state index in [2.05, 4.69) is 17.4 Å². The summed E-state index contributed by atoms with van der Waals surface area (Å²) >= 11 is 3.94. The Morgan fingerprint density at radius 3 is 2.62 bits per heavy atom. The molecule has 0 aliphatic heterocycles. The van der Waals surface area contributed by atoms with E-state index in [1.165, 1.54) is 25.3 Å². The van der Waals surface area contributed by atoms with Crippen LogP contribution < -0.4 is 0 Å². The maximum atomic E-state index is 10.9. The normalized spacial score (nSPS) is 8.77. The van der Waals surface area contributed by atoms with Gasteiger partial charge in [0.25, 0.3) is 0 Å². The number of thiol groups is 1. The Hall–Kier alpha value is -0.160. The van der Waals surface area contributed by atoms with Crippen LogP contribution in [0.3, 0.4) is 0 Å². The Morgan fingerprint density at radius 1 is 1.54 bits per heavy atom. The number of aromatic hydroxyl groups is 1. The van der Waals surface area contributed by atoms with Gasteiger partial charge in [0.15, 0.2) is 0 Å². The zero-order valence-electron chi connectivity index (χ0n) is 6.44. The summed E-state index contributed by atoms with van der Waals surface area (Å²) < 4.78 is 4.46. The Balaban J connectivity index is 0.00000144. The summed E-state index contributed by atoms with van der Waals surface area (Å²) in [7, 11) is 1.29. The van der Waals surface area contributed by atoms with E-state index < -0.39 is 5.97 Å². The van der Waals surface area contributed by atoms with E-state index >= 15 is 0 Å². The van der Waals surface area contributed by atoms with Gasteiger partial charge in [-0.3, -0.25) is 0 Å². The van der Waals surface area contributed by atoms with Crippen molar-refractivity contribution in [1.29, 1.82) is 0 Å². The van der Waals surface area contributed by atoms with Crippen molar-refractivity contribution in [3.05, 3.63) is 23.8 Å². The van der Waals surface area contributed by atoms with Gasteiger partial charge in [0.2, 0.25) is 0 Å². The molecule has 0 atom stereocenters. The van der Waals surface area contributed by atoms with Crippen molar-refractivity contribution in [1.82, 2.24) is 0 Å². The number of phenols is 1. The predicted octanol–water partition coefficient (Wildman–Crippen LogP) is 0.819. The molecule has 1 aromatic rings. The molecular formula is C8H9NaO3S. The second-order valence-corrected chi connectivity index (χ2v) is 2.68. The molecule has 13 heavy (non-hydrogen) atoms. The van der Waals surface area contributed by atoms with Gasteiger partial charge in [-0.2, -0.15) is 0 Å². The molecule has 0 saturated heterocycles. The standard InChI is InChI=1S/C8H8O3S.Na.H/c1-11-8(10)5-2-3-7(12)6(9)4-5;;/h2-4,9,12H,1H3;;. The number of carbonyl (C=O) groups is 1. The number of rotatable bonds is 1. The van der Waals surface area contributed by atoms with E-state index in [4.69, 9.17) is 5.11 Å². The molecule has 3 nitrogen and oxygen atoms in total.